The lowest BCUT2D eigenvalue weighted by atomic mass is 10.0. The van der Waals surface area contributed by atoms with E-state index in [-0.39, 0.29) is 41.1 Å². The van der Waals surface area contributed by atoms with Gasteiger partial charge in [0.05, 0.1) is 4.92 Å². The molecule has 0 aromatic heterocycles. The number of nitrogens with zero attached hydrogens (tertiary/aromatic N) is 2. The summed E-state index contributed by atoms with van der Waals surface area (Å²) in [7, 11) is 0. The van der Waals surface area contributed by atoms with Crippen molar-refractivity contribution in [2.75, 3.05) is 18.0 Å². The zero-order valence-electron chi connectivity index (χ0n) is 16.3. The van der Waals surface area contributed by atoms with E-state index in [1.807, 2.05) is 32.6 Å². The van der Waals surface area contributed by atoms with Gasteiger partial charge in [-0.25, -0.2) is 0 Å². The second kappa shape index (κ2) is 8.83. The van der Waals surface area contributed by atoms with Crippen molar-refractivity contribution >= 4 is 23.2 Å². The van der Waals surface area contributed by atoms with Crippen molar-refractivity contribution in [1.82, 2.24) is 10.6 Å². The van der Waals surface area contributed by atoms with Crippen LogP contribution in [0.25, 0.3) is 0 Å². The minimum absolute atomic E-state index is 0.0277. The van der Waals surface area contributed by atoms with Gasteiger partial charge in [-0.05, 0) is 38.8 Å². The fourth-order valence-corrected chi connectivity index (χ4v) is 3.06. The van der Waals surface area contributed by atoms with Gasteiger partial charge >= 0.3 is 0 Å². The lowest BCUT2D eigenvalue weighted by molar-refractivity contribution is -0.384. The summed E-state index contributed by atoms with van der Waals surface area (Å²) in [6, 6.07) is 4.63. The minimum atomic E-state index is -0.450. The molecule has 8 nitrogen and oxygen atoms in total. The number of piperidine rings is 1. The van der Waals surface area contributed by atoms with Crippen LogP contribution < -0.4 is 15.5 Å². The third kappa shape index (κ3) is 5.42. The van der Waals surface area contributed by atoms with Gasteiger partial charge in [0, 0.05) is 42.7 Å². The van der Waals surface area contributed by atoms with Crippen LogP contribution >= 0.6 is 0 Å². The third-order valence-corrected chi connectivity index (χ3v) is 4.56. The smallest absolute Gasteiger partial charge is 0.293 e. The van der Waals surface area contributed by atoms with Crippen molar-refractivity contribution in [3.63, 3.8) is 0 Å². The Bertz CT molecular complexity index is 710. The van der Waals surface area contributed by atoms with E-state index in [2.05, 4.69) is 10.6 Å². The monoisotopic (exact) mass is 376 g/mol. The van der Waals surface area contributed by atoms with E-state index in [4.69, 9.17) is 0 Å². The van der Waals surface area contributed by atoms with E-state index < -0.39 is 4.92 Å². The molecule has 0 atom stereocenters. The Morgan fingerprint density at radius 1 is 1.19 bits per heavy atom. The van der Waals surface area contributed by atoms with E-state index in [1.165, 1.54) is 6.07 Å². The first-order valence-electron chi connectivity index (χ1n) is 9.33. The molecule has 148 valence electrons. The quantitative estimate of drug-likeness (QED) is 0.586. The molecule has 27 heavy (non-hydrogen) atoms. The van der Waals surface area contributed by atoms with E-state index in [0.717, 1.165) is 12.8 Å². The molecule has 0 spiro atoms. The standard InChI is InChI=1S/C19H28N4O4/c1-12(2)18(24)21-15-7-9-22(10-8-15)16-6-5-14(11-17(16)23(26)27)19(25)20-13(3)4/h5-6,11-13,15H,7-10H2,1-4H3,(H,20,25)(H,21,24). The number of nitro groups is 1. The SMILES string of the molecule is CC(C)NC(=O)c1ccc(N2CCC(NC(=O)C(C)C)CC2)c([N+](=O)[O-])c1. The summed E-state index contributed by atoms with van der Waals surface area (Å²) in [6.45, 7) is 8.60. The van der Waals surface area contributed by atoms with Gasteiger partial charge in [0.2, 0.25) is 5.91 Å². The Kier molecular flexibility index (Phi) is 6.76. The van der Waals surface area contributed by atoms with Crippen molar-refractivity contribution in [1.29, 1.82) is 0 Å². The predicted molar refractivity (Wildman–Crippen MR) is 104 cm³/mol. The number of anilines is 1. The third-order valence-electron chi connectivity index (χ3n) is 4.56. The van der Waals surface area contributed by atoms with Crippen LogP contribution in [-0.4, -0.2) is 41.9 Å². The second-order valence-corrected chi connectivity index (χ2v) is 7.51. The topological polar surface area (TPSA) is 105 Å². The molecule has 1 saturated heterocycles. The average Bonchev–Trinajstić information content (AvgIpc) is 2.61. The number of carbonyl (C=O) groups excluding carboxylic acids is 2. The fraction of sp³-hybridized carbons (Fsp3) is 0.579. The van der Waals surface area contributed by atoms with Crippen LogP contribution in [0.3, 0.4) is 0 Å². The summed E-state index contributed by atoms with van der Waals surface area (Å²) < 4.78 is 0. The van der Waals surface area contributed by atoms with Gasteiger partial charge < -0.3 is 15.5 Å². The van der Waals surface area contributed by atoms with E-state index in [0.29, 0.717) is 18.8 Å². The van der Waals surface area contributed by atoms with E-state index in [1.54, 1.807) is 12.1 Å². The molecule has 2 amide bonds. The van der Waals surface area contributed by atoms with Gasteiger partial charge in [0.1, 0.15) is 5.69 Å². The number of carbonyl (C=O) groups is 2. The maximum atomic E-state index is 12.1. The molecule has 2 N–H and O–H groups in total. The molecule has 1 heterocycles. The first-order valence-corrected chi connectivity index (χ1v) is 9.33. The van der Waals surface area contributed by atoms with Crippen LogP contribution in [0.5, 0.6) is 0 Å². The number of amides is 2. The van der Waals surface area contributed by atoms with Crippen LogP contribution in [0.4, 0.5) is 11.4 Å². The highest BCUT2D eigenvalue weighted by Crippen LogP contribution is 2.31. The highest BCUT2D eigenvalue weighted by atomic mass is 16.6. The zero-order chi connectivity index (χ0) is 20.1. The number of benzene rings is 1. The Balaban J connectivity index is 2.11. The van der Waals surface area contributed by atoms with Gasteiger partial charge in [0.15, 0.2) is 0 Å². The summed E-state index contributed by atoms with van der Waals surface area (Å²) in [5.74, 6) is -0.358. The van der Waals surface area contributed by atoms with Crippen molar-refractivity contribution in [2.24, 2.45) is 5.92 Å². The van der Waals surface area contributed by atoms with Crippen LogP contribution in [-0.2, 0) is 4.79 Å². The molecule has 1 aromatic rings. The molecule has 0 saturated carbocycles. The Labute approximate surface area is 159 Å². The molecule has 0 bridgehead atoms. The number of hydrogen-bond acceptors (Lipinski definition) is 5. The molecule has 1 aliphatic rings. The molecule has 0 unspecified atom stereocenters. The summed E-state index contributed by atoms with van der Waals surface area (Å²) in [6.07, 6.45) is 1.45. The van der Waals surface area contributed by atoms with Crippen molar-refractivity contribution in [2.45, 2.75) is 52.6 Å². The normalized spacial score (nSPS) is 15.1. The highest BCUT2D eigenvalue weighted by molar-refractivity contribution is 5.96. The maximum absolute atomic E-state index is 12.1. The first-order chi connectivity index (χ1) is 12.7. The molecule has 1 aliphatic heterocycles. The predicted octanol–water partition coefficient (Wildman–Crippen LogP) is 2.47. The van der Waals surface area contributed by atoms with Crippen molar-refractivity contribution in [3.8, 4) is 0 Å². The van der Waals surface area contributed by atoms with Crippen molar-refractivity contribution < 1.29 is 14.5 Å². The molecule has 1 fully saturated rings. The van der Waals surface area contributed by atoms with Crippen LogP contribution in [0.15, 0.2) is 18.2 Å². The van der Waals surface area contributed by atoms with Crippen molar-refractivity contribution in [3.05, 3.63) is 33.9 Å². The number of nitrogens with one attached hydrogen (secondary N) is 2. The summed E-state index contributed by atoms with van der Waals surface area (Å²) >= 11 is 0. The minimum Gasteiger partial charge on any atom is -0.366 e. The lowest BCUT2D eigenvalue weighted by Crippen LogP contribution is -2.46. The number of hydrogen-bond donors (Lipinski definition) is 2. The Morgan fingerprint density at radius 3 is 2.33 bits per heavy atom. The maximum Gasteiger partial charge on any atom is 0.293 e. The fourth-order valence-electron chi connectivity index (χ4n) is 3.06. The first kappa shape index (κ1) is 20.7. The highest BCUT2D eigenvalue weighted by Gasteiger charge is 2.27. The number of rotatable bonds is 6. The second-order valence-electron chi connectivity index (χ2n) is 7.51. The van der Waals surface area contributed by atoms with Crippen LogP contribution in [0.1, 0.15) is 50.9 Å². The molecule has 0 aliphatic carbocycles. The molecule has 2 rings (SSSR count). The van der Waals surface area contributed by atoms with Gasteiger partial charge in [0.25, 0.3) is 11.6 Å². The Hall–Kier alpha value is -2.64. The van der Waals surface area contributed by atoms with Gasteiger partial charge in [-0.1, -0.05) is 13.8 Å². The molecular weight excluding hydrogens is 348 g/mol. The average molecular weight is 376 g/mol. The number of nitro benzene ring substituents is 1. The summed E-state index contributed by atoms with van der Waals surface area (Å²) in [5, 5.41) is 17.3. The molecule has 0 radical (unpaired) electrons. The molecule has 8 heteroatoms. The Morgan fingerprint density at radius 2 is 1.81 bits per heavy atom. The molecular formula is C19H28N4O4. The van der Waals surface area contributed by atoms with Gasteiger partial charge in [-0.3, -0.25) is 19.7 Å². The van der Waals surface area contributed by atoms with E-state index >= 15 is 0 Å². The summed E-state index contributed by atoms with van der Waals surface area (Å²) in [5.41, 5.74) is 0.712. The van der Waals surface area contributed by atoms with Gasteiger partial charge in [-0.15, -0.1) is 0 Å². The zero-order valence-corrected chi connectivity index (χ0v) is 16.3. The molecule has 1 aromatic carbocycles. The van der Waals surface area contributed by atoms with Gasteiger partial charge in [-0.2, -0.15) is 0 Å². The lowest BCUT2D eigenvalue weighted by Gasteiger charge is -2.34. The summed E-state index contributed by atoms with van der Waals surface area (Å²) in [4.78, 5) is 37.0. The van der Waals surface area contributed by atoms with Crippen LogP contribution in [0, 0.1) is 16.0 Å². The largest absolute Gasteiger partial charge is 0.366 e. The van der Waals surface area contributed by atoms with E-state index in [9.17, 15) is 19.7 Å². The van der Waals surface area contributed by atoms with Crippen LogP contribution in [0.2, 0.25) is 0 Å².